The van der Waals surface area contributed by atoms with Gasteiger partial charge in [0.25, 0.3) is 11.6 Å². The molecule has 0 spiro atoms. The molecule has 0 saturated heterocycles. The number of hydrogen-bond donors (Lipinski definition) is 2. The average molecular weight is 311 g/mol. The zero-order valence-electron chi connectivity index (χ0n) is 10.7. The molecule has 2 aromatic rings. The molecule has 1 aromatic carbocycles. The third kappa shape index (κ3) is 3.45. The van der Waals surface area contributed by atoms with E-state index in [1.54, 1.807) is 10.9 Å². The molecule has 0 aliphatic heterocycles. The Bertz CT molecular complexity index is 673. The molecule has 10 heteroatoms. The van der Waals surface area contributed by atoms with Gasteiger partial charge in [-0.05, 0) is 6.07 Å². The lowest BCUT2D eigenvalue weighted by atomic mass is 10.1. The molecule has 0 radical (unpaired) electrons. The highest BCUT2D eigenvalue weighted by Gasteiger charge is 2.19. The van der Waals surface area contributed by atoms with Crippen molar-refractivity contribution < 1.29 is 9.72 Å². The first kappa shape index (κ1) is 14.7. The third-order valence-electron chi connectivity index (χ3n) is 2.66. The van der Waals surface area contributed by atoms with E-state index in [1.807, 2.05) is 0 Å². The average Bonchev–Trinajstić information content (AvgIpc) is 2.94. The number of nitrogens with two attached hydrogens (primary N) is 1. The van der Waals surface area contributed by atoms with Crippen LogP contribution in [-0.2, 0) is 6.54 Å². The largest absolute Gasteiger partial charge is 0.392 e. The molecule has 1 aromatic heterocycles. The fourth-order valence-electron chi connectivity index (χ4n) is 1.62. The number of nitro benzene ring substituents is 1. The Morgan fingerprint density at radius 3 is 2.90 bits per heavy atom. The number of nitrogens with one attached hydrogen (secondary N) is 1. The summed E-state index contributed by atoms with van der Waals surface area (Å²) in [5.41, 5.74) is 5.00. The number of nitrogens with zero attached hydrogens (tertiary/aromatic N) is 4. The number of aromatic nitrogens is 3. The molecule has 3 N–H and O–H groups in total. The molecule has 0 aliphatic carbocycles. The summed E-state index contributed by atoms with van der Waals surface area (Å²) in [6.07, 6.45) is 3.17. The summed E-state index contributed by atoms with van der Waals surface area (Å²) in [4.78, 5) is 22.1. The van der Waals surface area contributed by atoms with Gasteiger partial charge in [-0.2, -0.15) is 0 Å². The van der Waals surface area contributed by atoms with E-state index in [4.69, 9.17) is 17.3 Å². The molecule has 0 saturated carbocycles. The summed E-state index contributed by atoms with van der Waals surface area (Å²) >= 11 is 5.79. The minimum atomic E-state index is -0.687. The number of halogens is 1. The van der Waals surface area contributed by atoms with Crippen LogP contribution in [-0.4, -0.2) is 32.4 Å². The van der Waals surface area contributed by atoms with Gasteiger partial charge in [-0.3, -0.25) is 19.6 Å². The Morgan fingerprint density at radius 1 is 1.52 bits per heavy atom. The second-order valence-corrected chi connectivity index (χ2v) is 4.48. The smallest absolute Gasteiger partial charge is 0.294 e. The van der Waals surface area contributed by atoms with Crippen molar-refractivity contribution >= 4 is 28.9 Å². The number of amides is 1. The molecule has 21 heavy (non-hydrogen) atoms. The Hall–Kier alpha value is -2.68. The minimum Gasteiger partial charge on any atom is -0.392 e. The molecule has 0 unspecified atom stereocenters. The number of rotatable bonds is 5. The predicted molar refractivity (Wildman–Crippen MR) is 74.9 cm³/mol. The van der Waals surface area contributed by atoms with Crippen LogP contribution in [0.3, 0.4) is 0 Å². The Labute approximate surface area is 123 Å². The zero-order chi connectivity index (χ0) is 15.4. The van der Waals surface area contributed by atoms with Crippen molar-refractivity contribution in [1.82, 2.24) is 20.3 Å². The lowest BCUT2D eigenvalue weighted by Crippen LogP contribution is -2.27. The van der Waals surface area contributed by atoms with Gasteiger partial charge in [0.2, 0.25) is 0 Å². The van der Waals surface area contributed by atoms with Crippen LogP contribution in [0.5, 0.6) is 0 Å². The lowest BCUT2D eigenvalue weighted by Gasteiger charge is -2.07. The second kappa shape index (κ2) is 6.18. The van der Waals surface area contributed by atoms with Crippen molar-refractivity contribution in [2.45, 2.75) is 6.54 Å². The van der Waals surface area contributed by atoms with Crippen molar-refractivity contribution in [3.05, 3.63) is 45.2 Å². The quantitative estimate of drug-likeness (QED) is 0.478. The number of carbonyl (C=O) groups is 1. The Kier molecular flexibility index (Phi) is 4.33. The van der Waals surface area contributed by atoms with E-state index < -0.39 is 16.5 Å². The number of hydrogen-bond acceptors (Lipinski definition) is 6. The standard InChI is InChI=1S/C11H11ClN6O3/c12-8-5-7(6-9(10(8)13)18(20)21)11(19)14-1-3-17-4-2-15-16-17/h2,4-6H,1,3,13H2,(H,14,19). The Balaban J connectivity index is 2.07. The zero-order valence-corrected chi connectivity index (χ0v) is 11.4. The highest BCUT2D eigenvalue weighted by molar-refractivity contribution is 6.34. The van der Waals surface area contributed by atoms with Crippen LogP contribution in [0.15, 0.2) is 24.5 Å². The first-order chi connectivity index (χ1) is 9.99. The van der Waals surface area contributed by atoms with E-state index in [9.17, 15) is 14.9 Å². The van der Waals surface area contributed by atoms with Gasteiger partial charge in [0, 0.05) is 24.4 Å². The molecule has 0 aliphatic rings. The van der Waals surface area contributed by atoms with E-state index in [0.717, 1.165) is 6.07 Å². The van der Waals surface area contributed by atoms with Gasteiger partial charge in [-0.15, -0.1) is 5.10 Å². The maximum Gasteiger partial charge on any atom is 0.294 e. The molecule has 0 bridgehead atoms. The van der Waals surface area contributed by atoms with Crippen molar-refractivity contribution in [3.8, 4) is 0 Å². The van der Waals surface area contributed by atoms with Crippen molar-refractivity contribution in [2.75, 3.05) is 12.3 Å². The number of anilines is 1. The van der Waals surface area contributed by atoms with Gasteiger partial charge < -0.3 is 11.1 Å². The number of carbonyl (C=O) groups excluding carboxylic acids is 1. The van der Waals surface area contributed by atoms with Crippen LogP contribution >= 0.6 is 11.6 Å². The van der Waals surface area contributed by atoms with Gasteiger partial charge in [0.05, 0.1) is 22.7 Å². The highest BCUT2D eigenvalue weighted by atomic mass is 35.5. The fraction of sp³-hybridized carbons (Fsp3) is 0.182. The van der Waals surface area contributed by atoms with E-state index in [-0.39, 0.29) is 22.8 Å². The number of benzene rings is 1. The fourth-order valence-corrected chi connectivity index (χ4v) is 1.84. The van der Waals surface area contributed by atoms with Crippen molar-refractivity contribution in [3.63, 3.8) is 0 Å². The lowest BCUT2D eigenvalue weighted by molar-refractivity contribution is -0.383. The monoisotopic (exact) mass is 310 g/mol. The second-order valence-electron chi connectivity index (χ2n) is 4.07. The highest BCUT2D eigenvalue weighted by Crippen LogP contribution is 2.30. The normalized spacial score (nSPS) is 10.3. The van der Waals surface area contributed by atoms with Crippen LogP contribution in [0.4, 0.5) is 11.4 Å². The van der Waals surface area contributed by atoms with E-state index in [1.165, 1.54) is 12.3 Å². The third-order valence-corrected chi connectivity index (χ3v) is 2.98. The van der Waals surface area contributed by atoms with Crippen molar-refractivity contribution in [2.24, 2.45) is 0 Å². The van der Waals surface area contributed by atoms with Crippen LogP contribution < -0.4 is 11.1 Å². The number of nitro groups is 1. The molecule has 1 heterocycles. The first-order valence-corrected chi connectivity index (χ1v) is 6.22. The minimum absolute atomic E-state index is 0.0365. The molecule has 0 atom stereocenters. The van der Waals surface area contributed by atoms with Gasteiger partial charge in [-0.25, -0.2) is 0 Å². The van der Waals surface area contributed by atoms with Crippen molar-refractivity contribution in [1.29, 1.82) is 0 Å². The molecule has 110 valence electrons. The summed E-state index contributed by atoms with van der Waals surface area (Å²) in [6, 6.07) is 2.38. The van der Waals surface area contributed by atoms with Crippen LogP contribution in [0.1, 0.15) is 10.4 Å². The maximum atomic E-state index is 11.9. The summed E-state index contributed by atoms with van der Waals surface area (Å²) in [5, 5.41) is 20.8. The molecule has 0 fully saturated rings. The van der Waals surface area contributed by atoms with Crippen LogP contribution in [0.25, 0.3) is 0 Å². The number of nitrogen functional groups attached to an aromatic ring is 1. The van der Waals surface area contributed by atoms with Crippen LogP contribution in [0, 0.1) is 10.1 Å². The SMILES string of the molecule is Nc1c(Cl)cc(C(=O)NCCn2ccnn2)cc1[N+](=O)[O-]. The van der Waals surface area contributed by atoms with E-state index in [0.29, 0.717) is 6.54 Å². The van der Waals surface area contributed by atoms with Crippen LogP contribution in [0.2, 0.25) is 5.02 Å². The molecule has 2 rings (SSSR count). The molecule has 9 nitrogen and oxygen atoms in total. The predicted octanol–water partition coefficient (Wildman–Crippen LogP) is 0.852. The topological polar surface area (TPSA) is 129 Å². The summed E-state index contributed by atoms with van der Waals surface area (Å²) in [5.74, 6) is -0.486. The Morgan fingerprint density at radius 2 is 2.29 bits per heavy atom. The van der Waals surface area contributed by atoms with Gasteiger partial charge >= 0.3 is 0 Å². The molecular formula is C11H11ClN6O3. The van der Waals surface area contributed by atoms with Gasteiger partial charge in [0.15, 0.2) is 0 Å². The van der Waals surface area contributed by atoms with E-state index in [2.05, 4.69) is 15.6 Å². The summed E-state index contributed by atoms with van der Waals surface area (Å²) in [6.45, 7) is 0.717. The molecular weight excluding hydrogens is 300 g/mol. The summed E-state index contributed by atoms with van der Waals surface area (Å²) < 4.78 is 1.54. The van der Waals surface area contributed by atoms with Gasteiger partial charge in [-0.1, -0.05) is 16.8 Å². The maximum absolute atomic E-state index is 11.9. The first-order valence-electron chi connectivity index (χ1n) is 5.84. The summed E-state index contributed by atoms with van der Waals surface area (Å²) in [7, 11) is 0. The van der Waals surface area contributed by atoms with E-state index >= 15 is 0 Å². The van der Waals surface area contributed by atoms with Gasteiger partial charge in [0.1, 0.15) is 5.69 Å². The molecule has 1 amide bonds.